The van der Waals surface area contributed by atoms with Crippen molar-refractivity contribution >= 4 is 23.1 Å². The third-order valence-electron chi connectivity index (χ3n) is 3.72. The van der Waals surface area contributed by atoms with E-state index in [2.05, 4.69) is 4.74 Å². The highest BCUT2D eigenvalue weighted by atomic mass is 16.7. The highest BCUT2D eigenvalue weighted by molar-refractivity contribution is 5.88. The molecule has 3 rings (SSSR count). The van der Waals surface area contributed by atoms with E-state index in [4.69, 9.17) is 14.3 Å². The van der Waals surface area contributed by atoms with Crippen LogP contribution in [0.2, 0.25) is 0 Å². The van der Waals surface area contributed by atoms with Crippen molar-refractivity contribution in [2.75, 3.05) is 7.11 Å². The van der Waals surface area contributed by atoms with E-state index in [9.17, 15) is 19.2 Å². The lowest BCUT2D eigenvalue weighted by molar-refractivity contribution is 0.0696. The van der Waals surface area contributed by atoms with Crippen molar-refractivity contribution in [3.05, 3.63) is 68.4 Å². The van der Waals surface area contributed by atoms with Gasteiger partial charge in [0.05, 0.1) is 23.7 Å². The molecule has 0 aliphatic carbocycles. The van der Waals surface area contributed by atoms with Crippen LogP contribution < -0.4 is 16.1 Å². The van der Waals surface area contributed by atoms with Crippen LogP contribution >= 0.6 is 0 Å². The van der Waals surface area contributed by atoms with E-state index in [1.54, 1.807) is 6.92 Å². The summed E-state index contributed by atoms with van der Waals surface area (Å²) in [5.41, 5.74) is -0.461. The van der Waals surface area contributed by atoms with Crippen molar-refractivity contribution in [1.82, 2.24) is 4.57 Å². The van der Waals surface area contributed by atoms with E-state index in [-0.39, 0.29) is 28.0 Å². The molecule has 0 saturated carbocycles. The Morgan fingerprint density at radius 1 is 1.15 bits per heavy atom. The largest absolute Gasteiger partial charge is 0.513 e. The highest BCUT2D eigenvalue weighted by Crippen LogP contribution is 2.25. The molecule has 0 fully saturated rings. The zero-order chi connectivity index (χ0) is 19.7. The van der Waals surface area contributed by atoms with Gasteiger partial charge < -0.3 is 19.0 Å². The molecule has 0 bridgehead atoms. The van der Waals surface area contributed by atoms with Gasteiger partial charge in [-0.1, -0.05) is 6.07 Å². The van der Waals surface area contributed by atoms with Gasteiger partial charge in [-0.05, 0) is 42.8 Å². The predicted octanol–water partition coefficient (Wildman–Crippen LogP) is 2.10. The number of hydrogen-bond acceptors (Lipinski definition) is 7. The van der Waals surface area contributed by atoms with Crippen LogP contribution in [0.1, 0.15) is 15.9 Å². The van der Waals surface area contributed by atoms with Gasteiger partial charge >= 0.3 is 17.9 Å². The number of rotatable bonds is 3. The zero-order valence-corrected chi connectivity index (χ0v) is 14.2. The number of carbonyl (C=O) groups is 2. The Balaban J connectivity index is 2.31. The average molecular weight is 371 g/mol. The number of fused-ring (bicyclic) bond motifs is 1. The van der Waals surface area contributed by atoms with Crippen LogP contribution in [0.15, 0.2) is 50.4 Å². The van der Waals surface area contributed by atoms with Crippen LogP contribution in [-0.4, -0.2) is 28.9 Å². The predicted molar refractivity (Wildman–Crippen MR) is 92.8 cm³/mol. The molecular formula is C18H13NO8. The van der Waals surface area contributed by atoms with Gasteiger partial charge in [0.15, 0.2) is 11.3 Å². The summed E-state index contributed by atoms with van der Waals surface area (Å²) in [6, 6.07) is 8.18. The molecule has 0 amide bonds. The molecule has 1 N–H and O–H groups in total. The maximum atomic E-state index is 12.9. The molecule has 0 spiro atoms. The third kappa shape index (κ3) is 3.30. The third-order valence-corrected chi connectivity index (χ3v) is 3.72. The maximum Gasteiger partial charge on any atom is 0.513 e. The van der Waals surface area contributed by atoms with Crippen LogP contribution in [0, 0.1) is 6.92 Å². The Hall–Kier alpha value is -3.88. The second-order valence-corrected chi connectivity index (χ2v) is 5.56. The molecule has 1 heterocycles. The number of nitrogens with zero attached hydrogens (tertiary/aromatic N) is 1. The first-order valence-electron chi connectivity index (χ1n) is 7.62. The summed E-state index contributed by atoms with van der Waals surface area (Å²) in [5, 5.41) is 9.08. The minimum Gasteiger partial charge on any atom is -0.478 e. The number of aromatic carboxylic acids is 1. The number of aromatic nitrogens is 1. The summed E-state index contributed by atoms with van der Waals surface area (Å²) in [6.45, 7) is 1.66. The van der Waals surface area contributed by atoms with Gasteiger partial charge in [0.2, 0.25) is 0 Å². The van der Waals surface area contributed by atoms with Crippen LogP contribution in [0.5, 0.6) is 5.75 Å². The van der Waals surface area contributed by atoms with E-state index in [0.29, 0.717) is 10.1 Å². The lowest BCUT2D eigenvalue weighted by Gasteiger charge is -2.09. The SMILES string of the molecule is COC(=O)Oc1cc(C)cc2c(=O)n(-c3cccc(C(=O)O)c3)c(=O)oc12. The summed E-state index contributed by atoms with van der Waals surface area (Å²) >= 11 is 0. The van der Waals surface area contributed by atoms with Crippen molar-refractivity contribution in [3.8, 4) is 11.4 Å². The molecule has 0 radical (unpaired) electrons. The zero-order valence-electron chi connectivity index (χ0n) is 14.2. The van der Waals surface area contributed by atoms with Crippen molar-refractivity contribution in [1.29, 1.82) is 0 Å². The highest BCUT2D eigenvalue weighted by Gasteiger charge is 2.18. The first kappa shape index (κ1) is 17.9. The molecule has 27 heavy (non-hydrogen) atoms. The Labute approximate surface area is 151 Å². The second-order valence-electron chi connectivity index (χ2n) is 5.56. The minimum atomic E-state index is -1.21. The molecule has 138 valence electrons. The standard InChI is InChI=1S/C18H13NO8/c1-9-6-12-14(13(7-9)26-18(24)25-2)27-17(23)19(15(12)20)11-5-3-4-10(8-11)16(21)22/h3-8H,1-2H3,(H,21,22). The van der Waals surface area contributed by atoms with Crippen molar-refractivity contribution in [2.45, 2.75) is 6.92 Å². The average Bonchev–Trinajstić information content (AvgIpc) is 2.63. The smallest absolute Gasteiger partial charge is 0.478 e. The van der Waals surface area contributed by atoms with Crippen LogP contribution in [-0.2, 0) is 4.74 Å². The monoisotopic (exact) mass is 371 g/mol. The quantitative estimate of drug-likeness (QED) is 0.548. The molecule has 0 aliphatic heterocycles. The molecular weight excluding hydrogens is 358 g/mol. The summed E-state index contributed by atoms with van der Waals surface area (Å²) < 4.78 is 15.2. The first-order chi connectivity index (χ1) is 12.8. The van der Waals surface area contributed by atoms with Gasteiger partial charge in [0.25, 0.3) is 5.56 Å². The van der Waals surface area contributed by atoms with Gasteiger partial charge in [-0.15, -0.1) is 0 Å². The Morgan fingerprint density at radius 2 is 1.89 bits per heavy atom. The number of methoxy groups -OCH3 is 1. The summed E-state index contributed by atoms with van der Waals surface area (Å²) in [6.07, 6.45) is -1.04. The topological polar surface area (TPSA) is 125 Å². The van der Waals surface area contributed by atoms with E-state index in [1.165, 1.54) is 36.4 Å². The van der Waals surface area contributed by atoms with E-state index < -0.39 is 23.4 Å². The number of carboxylic acid groups (broad SMARTS) is 1. The molecule has 0 atom stereocenters. The van der Waals surface area contributed by atoms with Gasteiger partial charge in [0.1, 0.15) is 0 Å². The molecule has 0 aliphatic rings. The van der Waals surface area contributed by atoms with Crippen LogP contribution in [0.4, 0.5) is 4.79 Å². The molecule has 2 aromatic carbocycles. The van der Waals surface area contributed by atoms with E-state index in [1.807, 2.05) is 0 Å². The fourth-order valence-corrected chi connectivity index (χ4v) is 2.55. The number of benzene rings is 2. The number of carbonyl (C=O) groups excluding carboxylic acids is 1. The summed E-state index contributed by atoms with van der Waals surface area (Å²) in [7, 11) is 1.11. The second kappa shape index (κ2) is 6.79. The van der Waals surface area contributed by atoms with Gasteiger partial charge in [-0.3, -0.25) is 4.79 Å². The molecule has 9 heteroatoms. The Morgan fingerprint density at radius 3 is 2.56 bits per heavy atom. The van der Waals surface area contributed by atoms with E-state index >= 15 is 0 Å². The van der Waals surface area contributed by atoms with Gasteiger partial charge in [-0.25, -0.2) is 19.0 Å². The lowest BCUT2D eigenvalue weighted by atomic mass is 10.1. The van der Waals surface area contributed by atoms with Crippen LogP contribution in [0.3, 0.4) is 0 Å². The fourth-order valence-electron chi connectivity index (χ4n) is 2.55. The van der Waals surface area contributed by atoms with Crippen molar-refractivity contribution < 1.29 is 28.6 Å². The first-order valence-corrected chi connectivity index (χ1v) is 7.62. The lowest BCUT2D eigenvalue weighted by Crippen LogP contribution is -2.31. The minimum absolute atomic E-state index is 0.0192. The summed E-state index contributed by atoms with van der Waals surface area (Å²) in [5.74, 6) is -2.41. The van der Waals surface area contributed by atoms with Crippen molar-refractivity contribution in [3.63, 3.8) is 0 Å². The molecule has 1 aromatic heterocycles. The molecule has 9 nitrogen and oxygen atoms in total. The Kier molecular flexibility index (Phi) is 4.51. The maximum absolute atomic E-state index is 12.9. The van der Waals surface area contributed by atoms with Crippen LogP contribution in [0.25, 0.3) is 16.7 Å². The Bertz CT molecular complexity index is 1190. The van der Waals surface area contributed by atoms with E-state index in [0.717, 1.165) is 7.11 Å². The normalized spacial score (nSPS) is 10.6. The number of ether oxygens (including phenoxy) is 2. The molecule has 0 unspecified atom stereocenters. The number of carboxylic acids is 1. The number of aryl methyl sites for hydroxylation is 1. The fraction of sp³-hybridized carbons (Fsp3) is 0.111. The number of hydrogen-bond donors (Lipinski definition) is 1. The summed E-state index contributed by atoms with van der Waals surface area (Å²) in [4.78, 5) is 47.8. The molecule has 3 aromatic rings. The van der Waals surface area contributed by atoms with Crippen molar-refractivity contribution in [2.24, 2.45) is 0 Å². The molecule has 0 saturated heterocycles. The van der Waals surface area contributed by atoms with Gasteiger partial charge in [0, 0.05) is 0 Å². The van der Waals surface area contributed by atoms with Gasteiger partial charge in [-0.2, -0.15) is 0 Å².